The zero-order chi connectivity index (χ0) is 19.8. The average molecular weight is 389 g/mol. The Morgan fingerprint density at radius 3 is 2.69 bits per heavy atom. The molecule has 4 aliphatic carbocycles. The molecule has 1 heterocycles. The fraction of sp³-hybridized carbons (Fsp3) is 0.400. The molecule has 5 aliphatic rings. The van der Waals surface area contributed by atoms with Gasteiger partial charge >= 0.3 is 0 Å². The van der Waals surface area contributed by atoms with Gasteiger partial charge in [0.05, 0.1) is 12.8 Å². The molecule has 4 unspecified atom stereocenters. The SMILES string of the molecule is COC1=CC(C2CC3C=CC=CC3C3=C2CCC=C3)=NC(C2=C(O)C=CCC2)N1. The van der Waals surface area contributed by atoms with Gasteiger partial charge in [0.2, 0.25) is 0 Å². The van der Waals surface area contributed by atoms with E-state index in [-0.39, 0.29) is 6.17 Å². The Hall–Kier alpha value is -2.75. The molecule has 1 aliphatic heterocycles. The summed E-state index contributed by atoms with van der Waals surface area (Å²) in [4.78, 5) is 5.10. The summed E-state index contributed by atoms with van der Waals surface area (Å²) < 4.78 is 5.60. The standard InChI is InChI=1S/C25H28N2O2/c1-29-24-15-22(26-25(27-24)20-12-6-7-13-23(20)28)21-14-16-8-2-3-9-17(16)18-10-4-5-11-19(18)21/h2-4,7-10,13,15-17,21,25,27-28H,5-6,11-12,14H2,1H3. The summed E-state index contributed by atoms with van der Waals surface area (Å²) in [6.07, 6.45) is 24.3. The average Bonchev–Trinajstić information content (AvgIpc) is 2.78. The van der Waals surface area contributed by atoms with Gasteiger partial charge in [0.25, 0.3) is 0 Å². The minimum Gasteiger partial charge on any atom is -0.508 e. The lowest BCUT2D eigenvalue weighted by Crippen LogP contribution is -2.39. The van der Waals surface area contributed by atoms with Crippen molar-refractivity contribution in [1.82, 2.24) is 5.32 Å². The molecule has 0 aromatic carbocycles. The molecule has 4 heteroatoms. The molecular weight excluding hydrogens is 360 g/mol. The van der Waals surface area contributed by atoms with E-state index < -0.39 is 0 Å². The molecule has 0 fully saturated rings. The largest absolute Gasteiger partial charge is 0.508 e. The lowest BCUT2D eigenvalue weighted by molar-refractivity contribution is 0.250. The number of ether oxygens (including phenoxy) is 1. The molecule has 0 saturated heterocycles. The summed E-state index contributed by atoms with van der Waals surface area (Å²) in [5.74, 6) is 2.35. The van der Waals surface area contributed by atoms with Crippen LogP contribution in [0.25, 0.3) is 0 Å². The number of aliphatic hydroxyl groups excluding tert-OH is 1. The summed E-state index contributed by atoms with van der Waals surface area (Å²) in [6.45, 7) is 0. The molecule has 0 amide bonds. The third kappa shape index (κ3) is 3.31. The van der Waals surface area contributed by atoms with Gasteiger partial charge in [-0.05, 0) is 49.7 Å². The molecule has 0 saturated carbocycles. The summed E-state index contributed by atoms with van der Waals surface area (Å²) in [6, 6.07) is 0. The quantitative estimate of drug-likeness (QED) is 0.713. The molecule has 150 valence electrons. The van der Waals surface area contributed by atoms with Crippen molar-refractivity contribution in [1.29, 1.82) is 0 Å². The van der Waals surface area contributed by atoms with E-state index in [1.54, 1.807) is 13.2 Å². The molecule has 29 heavy (non-hydrogen) atoms. The van der Waals surface area contributed by atoms with Crippen molar-refractivity contribution >= 4 is 5.71 Å². The van der Waals surface area contributed by atoms with E-state index >= 15 is 0 Å². The van der Waals surface area contributed by atoms with Crippen LogP contribution < -0.4 is 5.32 Å². The van der Waals surface area contributed by atoms with E-state index in [2.05, 4.69) is 47.8 Å². The van der Waals surface area contributed by atoms with Crippen molar-refractivity contribution in [3.63, 3.8) is 0 Å². The number of methoxy groups -OCH3 is 1. The van der Waals surface area contributed by atoms with Crippen LogP contribution in [0.5, 0.6) is 0 Å². The van der Waals surface area contributed by atoms with Crippen molar-refractivity contribution in [2.45, 2.75) is 38.3 Å². The molecular formula is C25H28N2O2. The highest BCUT2D eigenvalue weighted by atomic mass is 16.5. The minimum atomic E-state index is -0.266. The number of rotatable bonds is 3. The Bertz CT molecular complexity index is 942. The maximum absolute atomic E-state index is 10.4. The Morgan fingerprint density at radius 1 is 1.07 bits per heavy atom. The number of nitrogens with zero attached hydrogens (tertiary/aromatic N) is 1. The molecule has 0 bridgehead atoms. The van der Waals surface area contributed by atoms with Crippen molar-refractivity contribution in [2.24, 2.45) is 22.7 Å². The number of hydrogen-bond acceptors (Lipinski definition) is 4. The Kier molecular flexibility index (Phi) is 4.78. The molecule has 4 atom stereocenters. The number of allylic oxidation sites excluding steroid dienone is 11. The van der Waals surface area contributed by atoms with Crippen molar-refractivity contribution in [3.8, 4) is 0 Å². The maximum Gasteiger partial charge on any atom is 0.190 e. The van der Waals surface area contributed by atoms with Crippen LogP contribution in [0.2, 0.25) is 0 Å². The van der Waals surface area contributed by atoms with Crippen LogP contribution in [-0.4, -0.2) is 24.1 Å². The smallest absolute Gasteiger partial charge is 0.190 e. The first kappa shape index (κ1) is 18.3. The molecule has 5 rings (SSSR count). The van der Waals surface area contributed by atoms with E-state index in [4.69, 9.17) is 9.73 Å². The van der Waals surface area contributed by atoms with Crippen molar-refractivity contribution < 1.29 is 9.84 Å². The van der Waals surface area contributed by atoms with Crippen LogP contribution in [0.15, 0.2) is 88.0 Å². The zero-order valence-electron chi connectivity index (χ0n) is 16.8. The number of hydrogen-bond donors (Lipinski definition) is 2. The maximum atomic E-state index is 10.4. The first-order valence-electron chi connectivity index (χ1n) is 10.7. The van der Waals surface area contributed by atoms with Gasteiger partial charge in [-0.15, -0.1) is 0 Å². The van der Waals surface area contributed by atoms with Gasteiger partial charge in [-0.25, -0.2) is 0 Å². The van der Waals surface area contributed by atoms with E-state index in [0.717, 1.165) is 49.3 Å². The van der Waals surface area contributed by atoms with Crippen LogP contribution in [0.4, 0.5) is 0 Å². The van der Waals surface area contributed by atoms with Gasteiger partial charge in [0, 0.05) is 23.5 Å². The molecule has 0 spiro atoms. The van der Waals surface area contributed by atoms with E-state index in [9.17, 15) is 5.11 Å². The first-order valence-corrected chi connectivity index (χ1v) is 10.7. The van der Waals surface area contributed by atoms with Crippen LogP contribution in [0.3, 0.4) is 0 Å². The van der Waals surface area contributed by atoms with Gasteiger partial charge < -0.3 is 15.2 Å². The fourth-order valence-electron chi connectivity index (χ4n) is 5.28. The highest BCUT2D eigenvalue weighted by Crippen LogP contribution is 2.46. The Labute approximate surface area is 172 Å². The third-order valence-electron chi connectivity index (χ3n) is 6.71. The Balaban J connectivity index is 1.56. The molecule has 0 aromatic heterocycles. The highest BCUT2D eigenvalue weighted by Gasteiger charge is 2.38. The second-order valence-corrected chi connectivity index (χ2v) is 8.33. The third-order valence-corrected chi connectivity index (χ3v) is 6.71. The summed E-state index contributed by atoms with van der Waals surface area (Å²) in [7, 11) is 1.69. The number of aliphatic imine (C=N–C) groups is 1. The lowest BCUT2D eigenvalue weighted by Gasteiger charge is -2.40. The predicted molar refractivity (Wildman–Crippen MR) is 116 cm³/mol. The van der Waals surface area contributed by atoms with Gasteiger partial charge in [0.15, 0.2) is 5.88 Å². The van der Waals surface area contributed by atoms with Crippen LogP contribution >= 0.6 is 0 Å². The van der Waals surface area contributed by atoms with E-state index in [0.29, 0.717) is 23.5 Å². The fourth-order valence-corrected chi connectivity index (χ4v) is 5.28. The number of aliphatic hydroxyl groups is 1. The highest BCUT2D eigenvalue weighted by molar-refractivity contribution is 6.00. The molecule has 0 aromatic rings. The molecule has 2 N–H and O–H groups in total. The number of nitrogens with one attached hydrogen (secondary N) is 1. The normalized spacial score (nSPS) is 33.0. The molecule has 0 radical (unpaired) electrons. The summed E-state index contributed by atoms with van der Waals surface area (Å²) in [5, 5.41) is 13.8. The first-order chi connectivity index (χ1) is 14.2. The predicted octanol–water partition coefficient (Wildman–Crippen LogP) is 5.03. The van der Waals surface area contributed by atoms with Gasteiger partial charge in [-0.2, -0.15) is 0 Å². The monoisotopic (exact) mass is 388 g/mol. The Morgan fingerprint density at radius 2 is 1.86 bits per heavy atom. The zero-order valence-corrected chi connectivity index (χ0v) is 16.8. The van der Waals surface area contributed by atoms with Gasteiger partial charge in [0.1, 0.15) is 11.9 Å². The lowest BCUT2D eigenvalue weighted by atomic mass is 9.65. The van der Waals surface area contributed by atoms with Crippen molar-refractivity contribution in [2.75, 3.05) is 7.11 Å². The van der Waals surface area contributed by atoms with E-state index in [1.165, 1.54) is 11.1 Å². The van der Waals surface area contributed by atoms with Gasteiger partial charge in [-0.1, -0.05) is 48.1 Å². The minimum absolute atomic E-state index is 0.266. The van der Waals surface area contributed by atoms with Crippen LogP contribution in [-0.2, 0) is 4.74 Å². The van der Waals surface area contributed by atoms with Crippen LogP contribution in [0, 0.1) is 17.8 Å². The number of fused-ring (bicyclic) bond motifs is 2. The van der Waals surface area contributed by atoms with E-state index in [1.807, 2.05) is 6.08 Å². The van der Waals surface area contributed by atoms with Crippen LogP contribution in [0.1, 0.15) is 32.1 Å². The summed E-state index contributed by atoms with van der Waals surface area (Å²) >= 11 is 0. The second-order valence-electron chi connectivity index (χ2n) is 8.33. The molecule has 4 nitrogen and oxygen atoms in total. The second kappa shape index (κ2) is 7.58. The van der Waals surface area contributed by atoms with Gasteiger partial charge in [-0.3, -0.25) is 4.99 Å². The summed E-state index contributed by atoms with van der Waals surface area (Å²) in [5.41, 5.74) is 5.02. The topological polar surface area (TPSA) is 53.9 Å². The van der Waals surface area contributed by atoms with Crippen molar-refractivity contribution in [3.05, 3.63) is 83.0 Å².